The van der Waals surface area contributed by atoms with E-state index >= 15 is 0 Å². The van der Waals surface area contributed by atoms with Gasteiger partial charge in [0, 0.05) is 23.1 Å². The van der Waals surface area contributed by atoms with E-state index in [4.69, 9.17) is 9.47 Å². The highest BCUT2D eigenvalue weighted by molar-refractivity contribution is 5.98. The SMILES string of the molecule is COC(=O)c1cc2c(ccn2C2CCC2)cc1OC. The number of carbonyl (C=O) groups excluding carboxylic acids is 1. The minimum atomic E-state index is -0.361. The van der Waals surface area contributed by atoms with Crippen LogP contribution < -0.4 is 4.74 Å². The zero-order valence-corrected chi connectivity index (χ0v) is 11.2. The minimum absolute atomic E-state index is 0.361. The molecule has 2 aromatic rings. The number of nitrogens with zero attached hydrogens (tertiary/aromatic N) is 1. The highest BCUT2D eigenvalue weighted by Gasteiger charge is 2.22. The molecule has 0 atom stereocenters. The van der Waals surface area contributed by atoms with Crippen LogP contribution in [0.25, 0.3) is 10.9 Å². The molecule has 1 aromatic heterocycles. The van der Waals surface area contributed by atoms with Gasteiger partial charge in [-0.2, -0.15) is 0 Å². The Morgan fingerprint density at radius 3 is 2.68 bits per heavy atom. The highest BCUT2D eigenvalue weighted by atomic mass is 16.5. The Morgan fingerprint density at radius 2 is 2.11 bits per heavy atom. The minimum Gasteiger partial charge on any atom is -0.496 e. The zero-order chi connectivity index (χ0) is 13.4. The Kier molecular flexibility index (Phi) is 2.93. The summed E-state index contributed by atoms with van der Waals surface area (Å²) in [6.07, 6.45) is 5.80. The summed E-state index contributed by atoms with van der Waals surface area (Å²) in [5.74, 6) is 0.200. The maximum atomic E-state index is 11.8. The number of hydrogen-bond donors (Lipinski definition) is 0. The second-order valence-corrected chi connectivity index (χ2v) is 4.91. The standard InChI is InChI=1S/C15H17NO3/c1-18-14-8-10-6-7-16(11-4-3-5-11)13(10)9-12(14)15(17)19-2/h6-9,11H,3-5H2,1-2H3. The summed E-state index contributed by atoms with van der Waals surface area (Å²) >= 11 is 0. The Morgan fingerprint density at radius 1 is 1.32 bits per heavy atom. The summed E-state index contributed by atoms with van der Waals surface area (Å²) in [7, 11) is 2.95. The van der Waals surface area contributed by atoms with Gasteiger partial charge in [-0.05, 0) is 37.5 Å². The van der Waals surface area contributed by atoms with Gasteiger partial charge in [0.1, 0.15) is 11.3 Å². The second kappa shape index (κ2) is 4.61. The van der Waals surface area contributed by atoms with Crippen LogP contribution in [0, 0.1) is 0 Å². The summed E-state index contributed by atoms with van der Waals surface area (Å²) < 4.78 is 12.3. The van der Waals surface area contributed by atoms with Crippen LogP contribution in [0.15, 0.2) is 24.4 Å². The smallest absolute Gasteiger partial charge is 0.341 e. The molecule has 0 N–H and O–H groups in total. The molecule has 1 aliphatic carbocycles. The summed E-state index contributed by atoms with van der Waals surface area (Å²) in [5, 5.41) is 1.09. The molecule has 0 saturated heterocycles. The Balaban J connectivity index is 2.15. The van der Waals surface area contributed by atoms with E-state index in [0.717, 1.165) is 10.9 Å². The molecule has 1 saturated carbocycles. The highest BCUT2D eigenvalue weighted by Crippen LogP contribution is 2.36. The van der Waals surface area contributed by atoms with Crippen LogP contribution in [0.2, 0.25) is 0 Å². The molecule has 1 aromatic carbocycles. The maximum absolute atomic E-state index is 11.8. The van der Waals surface area contributed by atoms with Crippen molar-refractivity contribution in [3.05, 3.63) is 30.0 Å². The predicted octanol–water partition coefficient (Wildman–Crippen LogP) is 3.16. The van der Waals surface area contributed by atoms with Crippen molar-refractivity contribution in [2.45, 2.75) is 25.3 Å². The molecule has 0 bridgehead atoms. The topological polar surface area (TPSA) is 40.5 Å². The zero-order valence-electron chi connectivity index (χ0n) is 11.2. The molecule has 0 spiro atoms. The summed E-state index contributed by atoms with van der Waals surface area (Å²) in [4.78, 5) is 11.8. The van der Waals surface area contributed by atoms with Crippen molar-refractivity contribution in [1.29, 1.82) is 0 Å². The molecule has 19 heavy (non-hydrogen) atoms. The largest absolute Gasteiger partial charge is 0.496 e. The molecule has 1 aliphatic rings. The van der Waals surface area contributed by atoms with Crippen LogP contribution in [-0.4, -0.2) is 24.8 Å². The van der Waals surface area contributed by atoms with Crippen molar-refractivity contribution in [2.24, 2.45) is 0 Å². The van der Waals surface area contributed by atoms with Gasteiger partial charge < -0.3 is 14.0 Å². The van der Waals surface area contributed by atoms with Gasteiger partial charge in [-0.25, -0.2) is 4.79 Å². The molecule has 4 nitrogen and oxygen atoms in total. The van der Waals surface area contributed by atoms with Crippen LogP contribution >= 0.6 is 0 Å². The van der Waals surface area contributed by atoms with Crippen molar-refractivity contribution in [3.8, 4) is 5.75 Å². The third kappa shape index (κ3) is 1.87. The van der Waals surface area contributed by atoms with Gasteiger partial charge in [0.05, 0.1) is 14.2 Å². The number of hydrogen-bond acceptors (Lipinski definition) is 3. The normalized spacial score (nSPS) is 15.3. The molecular formula is C15H17NO3. The van der Waals surface area contributed by atoms with Gasteiger partial charge in [-0.3, -0.25) is 0 Å². The molecule has 3 rings (SSSR count). The fourth-order valence-electron chi connectivity index (χ4n) is 2.60. The van der Waals surface area contributed by atoms with E-state index in [9.17, 15) is 4.79 Å². The fraction of sp³-hybridized carbons (Fsp3) is 0.400. The van der Waals surface area contributed by atoms with Crippen molar-refractivity contribution < 1.29 is 14.3 Å². The third-order valence-corrected chi connectivity index (χ3v) is 3.92. The maximum Gasteiger partial charge on any atom is 0.341 e. The monoisotopic (exact) mass is 259 g/mol. The van der Waals surface area contributed by atoms with Crippen LogP contribution in [0.1, 0.15) is 35.7 Å². The van der Waals surface area contributed by atoms with Gasteiger partial charge in [0.25, 0.3) is 0 Å². The van der Waals surface area contributed by atoms with Crippen molar-refractivity contribution in [2.75, 3.05) is 14.2 Å². The summed E-state index contributed by atoms with van der Waals surface area (Å²) in [6, 6.07) is 6.41. The first-order valence-electron chi connectivity index (χ1n) is 6.51. The lowest BCUT2D eigenvalue weighted by molar-refractivity contribution is 0.0597. The molecule has 0 radical (unpaired) electrons. The Bertz CT molecular complexity index is 626. The van der Waals surface area contributed by atoms with E-state index < -0.39 is 0 Å². The first-order chi connectivity index (χ1) is 9.24. The van der Waals surface area contributed by atoms with E-state index in [1.807, 2.05) is 12.1 Å². The van der Waals surface area contributed by atoms with Crippen LogP contribution in [-0.2, 0) is 4.74 Å². The number of aromatic nitrogens is 1. The first kappa shape index (κ1) is 12.1. The second-order valence-electron chi connectivity index (χ2n) is 4.91. The molecule has 100 valence electrons. The van der Waals surface area contributed by atoms with Crippen molar-refractivity contribution in [3.63, 3.8) is 0 Å². The Hall–Kier alpha value is -1.97. The van der Waals surface area contributed by atoms with Gasteiger partial charge in [0.2, 0.25) is 0 Å². The van der Waals surface area contributed by atoms with Gasteiger partial charge >= 0.3 is 5.97 Å². The molecule has 1 fully saturated rings. The van der Waals surface area contributed by atoms with Crippen LogP contribution in [0.5, 0.6) is 5.75 Å². The fourth-order valence-corrected chi connectivity index (χ4v) is 2.60. The summed E-state index contributed by atoms with van der Waals surface area (Å²) in [6.45, 7) is 0. The van der Waals surface area contributed by atoms with E-state index in [2.05, 4.69) is 16.8 Å². The van der Waals surface area contributed by atoms with Crippen LogP contribution in [0.4, 0.5) is 0 Å². The quantitative estimate of drug-likeness (QED) is 0.795. The third-order valence-electron chi connectivity index (χ3n) is 3.92. The lowest BCUT2D eigenvalue weighted by Crippen LogP contribution is -2.16. The summed E-state index contributed by atoms with van der Waals surface area (Å²) in [5.41, 5.74) is 1.56. The first-order valence-corrected chi connectivity index (χ1v) is 6.51. The molecular weight excluding hydrogens is 242 g/mol. The van der Waals surface area contributed by atoms with Gasteiger partial charge in [0.15, 0.2) is 0 Å². The average Bonchev–Trinajstić information content (AvgIpc) is 2.77. The molecule has 0 amide bonds. The molecule has 0 unspecified atom stereocenters. The molecule has 0 aliphatic heterocycles. The van der Waals surface area contributed by atoms with Gasteiger partial charge in [-0.1, -0.05) is 0 Å². The van der Waals surface area contributed by atoms with Crippen LogP contribution in [0.3, 0.4) is 0 Å². The van der Waals surface area contributed by atoms with Gasteiger partial charge in [-0.15, -0.1) is 0 Å². The average molecular weight is 259 g/mol. The number of carbonyl (C=O) groups is 1. The van der Waals surface area contributed by atoms with E-state index in [1.54, 1.807) is 7.11 Å². The molecule has 4 heteroatoms. The van der Waals surface area contributed by atoms with E-state index in [-0.39, 0.29) is 5.97 Å². The number of ether oxygens (including phenoxy) is 2. The van der Waals surface area contributed by atoms with E-state index in [0.29, 0.717) is 17.4 Å². The van der Waals surface area contributed by atoms with E-state index in [1.165, 1.54) is 26.4 Å². The van der Waals surface area contributed by atoms with Crippen molar-refractivity contribution in [1.82, 2.24) is 4.57 Å². The van der Waals surface area contributed by atoms with Crippen molar-refractivity contribution >= 4 is 16.9 Å². The lowest BCUT2D eigenvalue weighted by Gasteiger charge is -2.28. The number of rotatable bonds is 3. The lowest BCUT2D eigenvalue weighted by atomic mass is 9.93. The number of fused-ring (bicyclic) bond motifs is 1. The number of benzene rings is 1. The number of methoxy groups -OCH3 is 2. The molecule has 1 heterocycles. The Labute approximate surface area is 111 Å². The predicted molar refractivity (Wildman–Crippen MR) is 72.7 cm³/mol. The number of esters is 1.